The summed E-state index contributed by atoms with van der Waals surface area (Å²) in [6.07, 6.45) is 2.77. The standard InChI is InChI=1S/C12H8ClFN6/c13-9-2-1-3-10(14)8(9)6-15-17-11-4-5-12-18-16-7-20(12)19-11/h1-7H,(H,17,19)/b15-6-. The largest absolute Gasteiger partial charge is 0.260 e. The SMILES string of the molecule is Fc1cccc(Cl)c1/C=N\Nc1ccc2nncn2n1. The molecule has 2 aromatic heterocycles. The van der Waals surface area contributed by atoms with Gasteiger partial charge in [-0.1, -0.05) is 17.7 Å². The van der Waals surface area contributed by atoms with Gasteiger partial charge < -0.3 is 0 Å². The summed E-state index contributed by atoms with van der Waals surface area (Å²) in [7, 11) is 0. The summed E-state index contributed by atoms with van der Waals surface area (Å²) < 4.78 is 15.0. The van der Waals surface area contributed by atoms with Gasteiger partial charge in [0.25, 0.3) is 0 Å². The Morgan fingerprint density at radius 3 is 3.05 bits per heavy atom. The molecule has 6 nitrogen and oxygen atoms in total. The van der Waals surface area contributed by atoms with Gasteiger partial charge in [-0.3, -0.25) is 5.43 Å². The van der Waals surface area contributed by atoms with Crippen LogP contribution in [0.3, 0.4) is 0 Å². The average molecular weight is 291 g/mol. The predicted molar refractivity (Wildman–Crippen MR) is 73.4 cm³/mol. The Balaban J connectivity index is 1.80. The van der Waals surface area contributed by atoms with Crippen LogP contribution in [0.2, 0.25) is 5.02 Å². The van der Waals surface area contributed by atoms with Gasteiger partial charge >= 0.3 is 0 Å². The highest BCUT2D eigenvalue weighted by molar-refractivity contribution is 6.33. The van der Waals surface area contributed by atoms with E-state index in [0.29, 0.717) is 11.5 Å². The molecular weight excluding hydrogens is 283 g/mol. The second kappa shape index (κ2) is 5.22. The molecule has 3 aromatic rings. The van der Waals surface area contributed by atoms with Gasteiger partial charge in [-0.15, -0.1) is 15.3 Å². The van der Waals surface area contributed by atoms with Gasteiger partial charge in [0.1, 0.15) is 12.1 Å². The lowest BCUT2D eigenvalue weighted by molar-refractivity contribution is 0.626. The van der Waals surface area contributed by atoms with Crippen molar-refractivity contribution in [2.24, 2.45) is 5.10 Å². The molecule has 2 heterocycles. The van der Waals surface area contributed by atoms with Crippen molar-refractivity contribution in [3.8, 4) is 0 Å². The van der Waals surface area contributed by atoms with E-state index < -0.39 is 5.82 Å². The van der Waals surface area contributed by atoms with Crippen molar-refractivity contribution in [1.82, 2.24) is 19.8 Å². The molecule has 0 bridgehead atoms. The van der Waals surface area contributed by atoms with Crippen LogP contribution >= 0.6 is 11.6 Å². The third-order valence-electron chi connectivity index (χ3n) is 2.53. The van der Waals surface area contributed by atoms with E-state index in [-0.39, 0.29) is 10.6 Å². The van der Waals surface area contributed by atoms with Crippen LogP contribution in [0.25, 0.3) is 5.65 Å². The van der Waals surface area contributed by atoms with Gasteiger partial charge in [-0.2, -0.15) is 9.62 Å². The van der Waals surface area contributed by atoms with E-state index >= 15 is 0 Å². The van der Waals surface area contributed by atoms with Crippen molar-refractivity contribution in [2.45, 2.75) is 0 Å². The Labute approximate surface area is 117 Å². The summed E-state index contributed by atoms with van der Waals surface area (Å²) in [6.45, 7) is 0. The average Bonchev–Trinajstić information content (AvgIpc) is 2.89. The maximum absolute atomic E-state index is 13.5. The van der Waals surface area contributed by atoms with E-state index in [1.54, 1.807) is 18.2 Å². The highest BCUT2D eigenvalue weighted by atomic mass is 35.5. The fourth-order valence-corrected chi connectivity index (χ4v) is 1.80. The highest BCUT2D eigenvalue weighted by Crippen LogP contribution is 2.16. The zero-order valence-corrected chi connectivity index (χ0v) is 10.8. The minimum atomic E-state index is -0.440. The molecule has 0 atom stereocenters. The molecule has 0 fully saturated rings. The maximum Gasteiger partial charge on any atom is 0.177 e. The normalized spacial score (nSPS) is 11.3. The van der Waals surface area contributed by atoms with Crippen LogP contribution in [0.5, 0.6) is 0 Å². The molecular formula is C12H8ClFN6. The molecule has 20 heavy (non-hydrogen) atoms. The summed E-state index contributed by atoms with van der Waals surface area (Å²) in [5.74, 6) is 0.0336. The molecule has 0 unspecified atom stereocenters. The highest BCUT2D eigenvalue weighted by Gasteiger charge is 2.03. The molecule has 0 amide bonds. The summed E-state index contributed by atoms with van der Waals surface area (Å²) in [5.41, 5.74) is 3.52. The first-order valence-corrected chi connectivity index (χ1v) is 6.02. The topological polar surface area (TPSA) is 67.5 Å². The van der Waals surface area contributed by atoms with Crippen molar-refractivity contribution < 1.29 is 4.39 Å². The number of anilines is 1. The zero-order valence-electron chi connectivity index (χ0n) is 10.0. The summed E-state index contributed by atoms with van der Waals surface area (Å²) in [6, 6.07) is 7.85. The van der Waals surface area contributed by atoms with Gasteiger partial charge in [-0.25, -0.2) is 4.39 Å². The lowest BCUT2D eigenvalue weighted by Crippen LogP contribution is -1.99. The second-order valence-electron chi connectivity index (χ2n) is 3.86. The fraction of sp³-hybridized carbons (Fsp3) is 0. The van der Waals surface area contributed by atoms with Crippen molar-refractivity contribution in [3.63, 3.8) is 0 Å². The van der Waals surface area contributed by atoms with E-state index in [4.69, 9.17) is 11.6 Å². The van der Waals surface area contributed by atoms with Crippen molar-refractivity contribution in [3.05, 3.63) is 53.1 Å². The van der Waals surface area contributed by atoms with E-state index in [1.807, 2.05) is 0 Å². The minimum Gasteiger partial charge on any atom is -0.260 e. The number of nitrogens with one attached hydrogen (secondary N) is 1. The van der Waals surface area contributed by atoms with E-state index in [9.17, 15) is 4.39 Å². The number of hydrazone groups is 1. The molecule has 0 aliphatic heterocycles. The number of halogens is 2. The summed E-state index contributed by atoms with van der Waals surface area (Å²) >= 11 is 5.88. The molecule has 3 rings (SSSR count). The number of hydrogen-bond donors (Lipinski definition) is 1. The lowest BCUT2D eigenvalue weighted by atomic mass is 10.2. The molecule has 0 saturated heterocycles. The van der Waals surface area contributed by atoms with E-state index in [2.05, 4.69) is 25.8 Å². The Hall–Kier alpha value is -2.54. The van der Waals surface area contributed by atoms with Crippen LogP contribution in [0.15, 0.2) is 41.8 Å². The molecule has 0 spiro atoms. The zero-order chi connectivity index (χ0) is 13.9. The quantitative estimate of drug-likeness (QED) is 0.594. The number of hydrogen-bond acceptors (Lipinski definition) is 5. The molecule has 0 aliphatic rings. The smallest absolute Gasteiger partial charge is 0.177 e. The maximum atomic E-state index is 13.5. The number of benzene rings is 1. The third kappa shape index (κ3) is 2.43. The number of fused-ring (bicyclic) bond motifs is 1. The lowest BCUT2D eigenvalue weighted by Gasteiger charge is -2.01. The predicted octanol–water partition coefficient (Wildman–Crippen LogP) is 2.36. The Morgan fingerprint density at radius 2 is 2.20 bits per heavy atom. The molecule has 8 heteroatoms. The monoisotopic (exact) mass is 290 g/mol. The minimum absolute atomic E-state index is 0.215. The Bertz CT molecular complexity index is 764. The number of rotatable bonds is 3. The Kier molecular flexibility index (Phi) is 3.26. The molecule has 1 N–H and O–H groups in total. The molecule has 1 aromatic carbocycles. The van der Waals surface area contributed by atoms with Gasteiger partial charge in [0.2, 0.25) is 0 Å². The first kappa shape index (κ1) is 12.5. The molecule has 0 aliphatic carbocycles. The third-order valence-corrected chi connectivity index (χ3v) is 2.86. The Morgan fingerprint density at radius 1 is 1.30 bits per heavy atom. The summed E-state index contributed by atoms with van der Waals surface area (Å²) in [4.78, 5) is 0. The van der Waals surface area contributed by atoms with Gasteiger partial charge in [-0.05, 0) is 24.3 Å². The van der Waals surface area contributed by atoms with Crippen LogP contribution in [0.4, 0.5) is 10.2 Å². The van der Waals surface area contributed by atoms with Gasteiger partial charge in [0.05, 0.1) is 11.2 Å². The van der Waals surface area contributed by atoms with Gasteiger partial charge in [0, 0.05) is 5.56 Å². The summed E-state index contributed by atoms with van der Waals surface area (Å²) in [5, 5.41) is 15.9. The van der Waals surface area contributed by atoms with E-state index in [0.717, 1.165) is 0 Å². The van der Waals surface area contributed by atoms with E-state index in [1.165, 1.54) is 29.2 Å². The molecule has 0 radical (unpaired) electrons. The van der Waals surface area contributed by atoms with Gasteiger partial charge in [0.15, 0.2) is 11.5 Å². The van der Waals surface area contributed by atoms with Crippen molar-refractivity contribution in [1.29, 1.82) is 0 Å². The second-order valence-corrected chi connectivity index (χ2v) is 4.26. The van der Waals surface area contributed by atoms with Crippen LogP contribution in [0, 0.1) is 5.82 Å². The fourth-order valence-electron chi connectivity index (χ4n) is 1.59. The van der Waals surface area contributed by atoms with Crippen molar-refractivity contribution in [2.75, 3.05) is 5.43 Å². The number of nitrogens with zero attached hydrogens (tertiary/aromatic N) is 5. The van der Waals surface area contributed by atoms with Crippen LogP contribution < -0.4 is 5.43 Å². The number of aromatic nitrogens is 4. The van der Waals surface area contributed by atoms with Crippen LogP contribution in [-0.4, -0.2) is 26.0 Å². The molecule has 100 valence electrons. The van der Waals surface area contributed by atoms with Crippen LogP contribution in [-0.2, 0) is 0 Å². The first-order valence-electron chi connectivity index (χ1n) is 5.64. The van der Waals surface area contributed by atoms with Crippen molar-refractivity contribution >= 4 is 29.3 Å². The first-order chi connectivity index (χ1) is 9.74. The molecule has 0 saturated carbocycles. The van der Waals surface area contributed by atoms with Crippen LogP contribution in [0.1, 0.15) is 5.56 Å².